The largest absolute Gasteiger partial charge is 0.493 e. The summed E-state index contributed by atoms with van der Waals surface area (Å²) < 4.78 is 11.4. The van der Waals surface area contributed by atoms with Crippen LogP contribution in [-0.2, 0) is 11.2 Å². The maximum absolute atomic E-state index is 10.6. The molecule has 0 fully saturated rings. The lowest BCUT2D eigenvalue weighted by molar-refractivity contribution is -0.137. The monoisotopic (exact) mass is 435 g/mol. The number of carboxylic acid groups (broad SMARTS) is 1. The van der Waals surface area contributed by atoms with E-state index in [1.165, 1.54) is 5.56 Å². The normalized spacial score (nSPS) is 11.9. The highest BCUT2D eigenvalue weighted by molar-refractivity contribution is 5.66. The molecule has 170 valence electrons. The molecule has 0 aliphatic rings. The average molecular weight is 436 g/mol. The molecule has 1 aromatic heterocycles. The molecule has 1 unspecified atom stereocenters. The van der Waals surface area contributed by atoms with Crippen LogP contribution in [0.2, 0.25) is 0 Å². The van der Waals surface area contributed by atoms with E-state index in [1.54, 1.807) is 6.26 Å². The highest BCUT2D eigenvalue weighted by atomic mass is 16.5. The van der Waals surface area contributed by atoms with Crippen LogP contribution in [0.1, 0.15) is 62.1 Å². The van der Waals surface area contributed by atoms with Gasteiger partial charge in [-0.1, -0.05) is 48.9 Å². The molecule has 0 amide bonds. The molecule has 5 nitrogen and oxygen atoms in total. The first-order chi connectivity index (χ1) is 15.6. The molecule has 0 saturated carbocycles. The van der Waals surface area contributed by atoms with Gasteiger partial charge in [-0.05, 0) is 62.3 Å². The van der Waals surface area contributed by atoms with Gasteiger partial charge in [-0.3, -0.25) is 4.79 Å². The number of hydrogen-bond donors (Lipinski definition) is 2. The fourth-order valence-corrected chi connectivity index (χ4v) is 3.78. The second-order valence-electron chi connectivity index (χ2n) is 8.12. The Bertz CT molecular complexity index is 935. The molecular formula is C27H33NO4. The Labute approximate surface area is 190 Å². The van der Waals surface area contributed by atoms with Crippen LogP contribution in [0.15, 0.2) is 71.3 Å². The van der Waals surface area contributed by atoms with Crippen LogP contribution in [0, 0.1) is 0 Å². The zero-order chi connectivity index (χ0) is 22.6. The molecule has 1 atom stereocenters. The van der Waals surface area contributed by atoms with Crippen LogP contribution in [0.25, 0.3) is 11.3 Å². The number of ether oxygens (including phenoxy) is 1. The Hall–Kier alpha value is -3.05. The summed E-state index contributed by atoms with van der Waals surface area (Å²) in [6.07, 6.45) is 8.35. The minimum Gasteiger partial charge on any atom is -0.493 e. The molecule has 0 aliphatic carbocycles. The summed E-state index contributed by atoms with van der Waals surface area (Å²) in [6, 6.07) is 20.3. The van der Waals surface area contributed by atoms with Crippen LogP contribution in [0.3, 0.4) is 0 Å². The number of unbranched alkanes of at least 4 members (excludes halogenated alkanes) is 3. The van der Waals surface area contributed by atoms with Crippen molar-refractivity contribution < 1.29 is 19.1 Å². The number of carbonyl (C=O) groups is 1. The Kier molecular flexibility index (Phi) is 9.38. The number of benzene rings is 2. The molecule has 2 aromatic carbocycles. The zero-order valence-corrected chi connectivity index (χ0v) is 18.5. The zero-order valence-electron chi connectivity index (χ0n) is 18.5. The second kappa shape index (κ2) is 12.7. The minimum absolute atomic E-state index is 0.0560. The molecule has 3 N–H and O–H groups in total. The van der Waals surface area contributed by atoms with Crippen LogP contribution < -0.4 is 10.5 Å². The van der Waals surface area contributed by atoms with Gasteiger partial charge in [0.05, 0.1) is 12.9 Å². The van der Waals surface area contributed by atoms with Crippen molar-refractivity contribution in [3.63, 3.8) is 0 Å². The Morgan fingerprint density at radius 2 is 1.75 bits per heavy atom. The van der Waals surface area contributed by atoms with E-state index in [9.17, 15) is 4.79 Å². The van der Waals surface area contributed by atoms with Crippen molar-refractivity contribution in [3.8, 4) is 17.1 Å². The molecule has 3 rings (SSSR count). The number of rotatable bonds is 14. The fraction of sp³-hybridized carbons (Fsp3) is 0.370. The number of hydrogen-bond acceptors (Lipinski definition) is 4. The Morgan fingerprint density at radius 3 is 2.50 bits per heavy atom. The lowest BCUT2D eigenvalue weighted by Crippen LogP contribution is -2.12. The number of carboxylic acids is 1. The predicted molar refractivity (Wildman–Crippen MR) is 127 cm³/mol. The third-order valence-electron chi connectivity index (χ3n) is 5.60. The van der Waals surface area contributed by atoms with Gasteiger partial charge in [-0.25, -0.2) is 0 Å². The first kappa shape index (κ1) is 23.6. The Balaban J connectivity index is 1.39. The SMILES string of the molecule is NC(CCCCc1ccc(-c2ccco2)cc1)c1ccccc1OCCCCCC(=O)O. The predicted octanol–water partition coefficient (Wildman–Crippen LogP) is 6.38. The van der Waals surface area contributed by atoms with E-state index < -0.39 is 5.97 Å². The summed E-state index contributed by atoms with van der Waals surface area (Å²) in [7, 11) is 0. The van der Waals surface area contributed by atoms with Gasteiger partial charge in [0.1, 0.15) is 11.5 Å². The van der Waals surface area contributed by atoms with E-state index in [1.807, 2.05) is 36.4 Å². The number of aliphatic carboxylic acids is 1. The average Bonchev–Trinajstić information content (AvgIpc) is 3.34. The van der Waals surface area contributed by atoms with E-state index in [0.717, 1.165) is 61.2 Å². The van der Waals surface area contributed by atoms with E-state index in [-0.39, 0.29) is 12.5 Å². The molecule has 32 heavy (non-hydrogen) atoms. The first-order valence-corrected chi connectivity index (χ1v) is 11.5. The summed E-state index contributed by atoms with van der Waals surface area (Å²) in [6.45, 7) is 0.581. The summed E-state index contributed by atoms with van der Waals surface area (Å²) in [5.74, 6) is 0.989. The number of nitrogens with two attached hydrogens (primary N) is 1. The summed E-state index contributed by atoms with van der Waals surface area (Å²) in [5.41, 5.74) is 9.94. The van der Waals surface area contributed by atoms with E-state index >= 15 is 0 Å². The highest BCUT2D eigenvalue weighted by Gasteiger charge is 2.12. The van der Waals surface area contributed by atoms with Crippen molar-refractivity contribution in [3.05, 3.63) is 78.1 Å². The van der Waals surface area contributed by atoms with Crippen molar-refractivity contribution in [2.45, 2.75) is 57.4 Å². The van der Waals surface area contributed by atoms with Gasteiger partial charge in [0.25, 0.3) is 0 Å². The van der Waals surface area contributed by atoms with Crippen molar-refractivity contribution in [1.29, 1.82) is 0 Å². The molecular weight excluding hydrogens is 402 g/mol. The van der Waals surface area contributed by atoms with Crippen LogP contribution >= 0.6 is 0 Å². The molecule has 3 aromatic rings. The summed E-state index contributed by atoms with van der Waals surface area (Å²) >= 11 is 0. The number of aryl methyl sites for hydroxylation is 1. The molecule has 0 aliphatic heterocycles. The second-order valence-corrected chi connectivity index (χ2v) is 8.12. The first-order valence-electron chi connectivity index (χ1n) is 11.5. The third-order valence-corrected chi connectivity index (χ3v) is 5.60. The maximum atomic E-state index is 10.6. The minimum atomic E-state index is -0.742. The van der Waals surface area contributed by atoms with Gasteiger partial charge in [0, 0.05) is 23.6 Å². The smallest absolute Gasteiger partial charge is 0.303 e. The number of para-hydroxylation sites is 1. The van der Waals surface area contributed by atoms with Crippen LogP contribution in [0.5, 0.6) is 5.75 Å². The number of furan rings is 1. The third kappa shape index (κ3) is 7.57. The van der Waals surface area contributed by atoms with Gasteiger partial charge >= 0.3 is 5.97 Å². The topological polar surface area (TPSA) is 85.7 Å². The van der Waals surface area contributed by atoms with Crippen molar-refractivity contribution in [1.82, 2.24) is 0 Å². The molecule has 0 radical (unpaired) electrons. The molecule has 1 heterocycles. The quantitative estimate of drug-likeness (QED) is 0.287. The van der Waals surface area contributed by atoms with Gasteiger partial charge in [0.2, 0.25) is 0 Å². The van der Waals surface area contributed by atoms with Crippen LogP contribution in [0.4, 0.5) is 0 Å². The summed E-state index contributed by atoms with van der Waals surface area (Å²) in [4.78, 5) is 10.6. The fourth-order valence-electron chi connectivity index (χ4n) is 3.78. The van der Waals surface area contributed by atoms with Gasteiger partial charge in [-0.15, -0.1) is 0 Å². The van der Waals surface area contributed by atoms with Gasteiger partial charge in [-0.2, -0.15) is 0 Å². The lowest BCUT2D eigenvalue weighted by Gasteiger charge is -2.17. The van der Waals surface area contributed by atoms with Crippen molar-refractivity contribution >= 4 is 5.97 Å². The molecule has 0 spiro atoms. The molecule has 0 bridgehead atoms. The highest BCUT2D eigenvalue weighted by Crippen LogP contribution is 2.27. The lowest BCUT2D eigenvalue weighted by atomic mass is 9.98. The molecule has 5 heteroatoms. The van der Waals surface area contributed by atoms with Gasteiger partial charge in [0.15, 0.2) is 0 Å². The Morgan fingerprint density at radius 1 is 0.938 bits per heavy atom. The van der Waals surface area contributed by atoms with Crippen molar-refractivity contribution in [2.75, 3.05) is 6.61 Å². The van der Waals surface area contributed by atoms with E-state index in [4.69, 9.17) is 20.0 Å². The van der Waals surface area contributed by atoms with E-state index in [0.29, 0.717) is 13.0 Å². The van der Waals surface area contributed by atoms with E-state index in [2.05, 4.69) is 24.3 Å². The standard InChI is InChI=1S/C27H33NO4/c28-24(23-10-4-6-12-26(23)32-19-7-1-2-14-27(29)30)11-5-3-9-21-15-17-22(18-16-21)25-13-8-20-31-25/h4,6,8,10,12-13,15-18,20,24H,1-3,5,7,9,11,14,19,28H2,(H,29,30). The van der Waals surface area contributed by atoms with Crippen LogP contribution in [-0.4, -0.2) is 17.7 Å². The summed E-state index contributed by atoms with van der Waals surface area (Å²) in [5, 5.41) is 8.70. The van der Waals surface area contributed by atoms with Crippen molar-refractivity contribution in [2.24, 2.45) is 5.73 Å². The molecule has 0 saturated heterocycles. The van der Waals surface area contributed by atoms with Gasteiger partial charge < -0.3 is 20.0 Å². The maximum Gasteiger partial charge on any atom is 0.303 e.